The van der Waals surface area contributed by atoms with E-state index in [1.165, 1.54) is 32.4 Å². The van der Waals surface area contributed by atoms with Gasteiger partial charge in [-0.15, -0.1) is 0 Å². The molecule has 0 radical (unpaired) electrons. The Morgan fingerprint density at radius 3 is 2.65 bits per heavy atom. The van der Waals surface area contributed by atoms with Crippen molar-refractivity contribution in [1.29, 1.82) is 0 Å². The maximum Gasteiger partial charge on any atom is 0.167 e. The Labute approximate surface area is 119 Å². The fourth-order valence-electron chi connectivity index (χ4n) is 2.96. The van der Waals surface area contributed by atoms with Crippen molar-refractivity contribution in [2.45, 2.75) is 38.1 Å². The highest BCUT2D eigenvalue weighted by Crippen LogP contribution is 2.35. The van der Waals surface area contributed by atoms with Crippen LogP contribution in [0.5, 0.6) is 5.75 Å². The van der Waals surface area contributed by atoms with Crippen molar-refractivity contribution in [3.05, 3.63) is 17.9 Å². The van der Waals surface area contributed by atoms with Gasteiger partial charge in [-0.25, -0.2) is 4.39 Å². The molecule has 1 aromatic carbocycles. The number of ether oxygens (including phenoxy) is 1. The van der Waals surface area contributed by atoms with Gasteiger partial charge in [0, 0.05) is 24.7 Å². The van der Waals surface area contributed by atoms with E-state index >= 15 is 0 Å². The van der Waals surface area contributed by atoms with E-state index in [1.54, 1.807) is 6.07 Å². The summed E-state index contributed by atoms with van der Waals surface area (Å²) in [5.41, 5.74) is 7.11. The number of aliphatic hydroxyl groups is 1. The van der Waals surface area contributed by atoms with Gasteiger partial charge in [0.1, 0.15) is 0 Å². The summed E-state index contributed by atoms with van der Waals surface area (Å²) in [6, 6.07) is 3.28. The van der Waals surface area contributed by atoms with E-state index in [1.807, 2.05) is 0 Å². The third kappa shape index (κ3) is 3.15. The number of nitrogens with zero attached hydrogens (tertiary/aromatic N) is 1. The molecule has 0 atom stereocenters. The summed E-state index contributed by atoms with van der Waals surface area (Å²) in [7, 11) is 1.44. The van der Waals surface area contributed by atoms with Crippen molar-refractivity contribution in [2.24, 2.45) is 0 Å². The van der Waals surface area contributed by atoms with Crippen LogP contribution >= 0.6 is 0 Å². The van der Waals surface area contributed by atoms with Gasteiger partial charge in [0.25, 0.3) is 0 Å². The number of aliphatic hydroxyl groups excluding tert-OH is 1. The number of hydrogen-bond acceptors (Lipinski definition) is 4. The van der Waals surface area contributed by atoms with E-state index in [4.69, 9.17) is 10.5 Å². The number of nitrogens with two attached hydrogens (primary N) is 1. The molecule has 0 amide bonds. The molecule has 0 unspecified atom stereocenters. The number of anilines is 2. The van der Waals surface area contributed by atoms with Crippen LogP contribution in [0, 0.1) is 5.82 Å². The highest BCUT2D eigenvalue weighted by Gasteiger charge is 2.23. The molecule has 0 saturated heterocycles. The summed E-state index contributed by atoms with van der Waals surface area (Å²) < 4.78 is 18.7. The van der Waals surface area contributed by atoms with Crippen LogP contribution in [0.25, 0.3) is 0 Å². The van der Waals surface area contributed by atoms with E-state index < -0.39 is 5.82 Å². The molecular formula is C15H23FN2O2. The van der Waals surface area contributed by atoms with Crippen molar-refractivity contribution in [2.75, 3.05) is 30.9 Å². The van der Waals surface area contributed by atoms with E-state index in [9.17, 15) is 9.50 Å². The lowest BCUT2D eigenvalue weighted by Gasteiger charge is -2.36. The van der Waals surface area contributed by atoms with Crippen molar-refractivity contribution >= 4 is 11.4 Å². The lowest BCUT2D eigenvalue weighted by atomic mass is 9.93. The number of halogens is 1. The number of benzene rings is 1. The predicted octanol–water partition coefficient (Wildman–Crippen LogP) is 2.55. The molecule has 1 aliphatic carbocycles. The summed E-state index contributed by atoms with van der Waals surface area (Å²) >= 11 is 0. The third-order valence-corrected chi connectivity index (χ3v) is 3.97. The fraction of sp³-hybridized carbons (Fsp3) is 0.600. The van der Waals surface area contributed by atoms with Crippen molar-refractivity contribution in [3.63, 3.8) is 0 Å². The normalized spacial score (nSPS) is 16.1. The smallest absolute Gasteiger partial charge is 0.167 e. The molecule has 0 bridgehead atoms. The van der Waals surface area contributed by atoms with Crippen LogP contribution in [0.1, 0.15) is 32.1 Å². The van der Waals surface area contributed by atoms with Crippen LogP contribution in [0.15, 0.2) is 12.1 Å². The first-order valence-corrected chi connectivity index (χ1v) is 7.18. The molecule has 2 rings (SSSR count). The molecule has 0 heterocycles. The molecule has 1 fully saturated rings. The Hall–Kier alpha value is -1.49. The van der Waals surface area contributed by atoms with Gasteiger partial charge in [0.15, 0.2) is 11.6 Å². The molecule has 1 aliphatic rings. The lowest BCUT2D eigenvalue weighted by Crippen LogP contribution is -2.39. The number of rotatable bonds is 5. The minimum atomic E-state index is -0.457. The van der Waals surface area contributed by atoms with Crippen molar-refractivity contribution in [1.82, 2.24) is 0 Å². The number of hydrogen-bond donors (Lipinski definition) is 2. The molecule has 20 heavy (non-hydrogen) atoms. The molecule has 0 spiro atoms. The van der Waals surface area contributed by atoms with Gasteiger partial charge in [-0.1, -0.05) is 19.3 Å². The van der Waals surface area contributed by atoms with Gasteiger partial charge >= 0.3 is 0 Å². The highest BCUT2D eigenvalue weighted by molar-refractivity contribution is 5.70. The summed E-state index contributed by atoms with van der Waals surface area (Å²) in [6.45, 7) is 0.555. The Kier molecular flexibility index (Phi) is 5.06. The highest BCUT2D eigenvalue weighted by atomic mass is 19.1. The maximum absolute atomic E-state index is 13.6. The van der Waals surface area contributed by atoms with Gasteiger partial charge in [-0.3, -0.25) is 0 Å². The zero-order chi connectivity index (χ0) is 14.5. The quantitative estimate of drug-likeness (QED) is 0.815. The fourth-order valence-corrected chi connectivity index (χ4v) is 2.96. The summed E-state index contributed by atoms with van der Waals surface area (Å²) in [4.78, 5) is 2.09. The second-order valence-corrected chi connectivity index (χ2v) is 5.25. The summed E-state index contributed by atoms with van der Waals surface area (Å²) in [5.74, 6) is -0.269. The number of methoxy groups -OCH3 is 1. The van der Waals surface area contributed by atoms with Crippen LogP contribution < -0.4 is 15.4 Å². The van der Waals surface area contributed by atoms with Crippen LogP contribution in [-0.2, 0) is 0 Å². The van der Waals surface area contributed by atoms with Gasteiger partial charge < -0.3 is 20.5 Å². The molecule has 1 saturated carbocycles. The molecule has 112 valence electrons. The maximum atomic E-state index is 13.6. The second kappa shape index (κ2) is 6.79. The first-order chi connectivity index (χ1) is 9.67. The van der Waals surface area contributed by atoms with Crippen LogP contribution in [0.3, 0.4) is 0 Å². The van der Waals surface area contributed by atoms with Crippen molar-refractivity contribution < 1.29 is 14.2 Å². The Bertz CT molecular complexity index is 448. The molecule has 3 N–H and O–H groups in total. The molecule has 5 heteroatoms. The first kappa shape index (κ1) is 14.9. The Balaban J connectivity index is 2.32. The zero-order valence-corrected chi connectivity index (χ0v) is 11.9. The zero-order valence-electron chi connectivity index (χ0n) is 11.9. The minimum absolute atomic E-state index is 0.0512. The number of nitrogen functional groups attached to an aromatic ring is 1. The van der Waals surface area contributed by atoms with Crippen LogP contribution in [0.2, 0.25) is 0 Å². The lowest BCUT2D eigenvalue weighted by molar-refractivity contribution is 0.290. The van der Waals surface area contributed by atoms with Crippen molar-refractivity contribution in [3.8, 4) is 5.75 Å². The SMILES string of the molecule is COc1cc(N(CCO)C2CCCCC2)c(N)cc1F. The van der Waals surface area contributed by atoms with Crippen LogP contribution in [-0.4, -0.2) is 31.4 Å². The monoisotopic (exact) mass is 282 g/mol. The standard InChI is InChI=1S/C15H23FN2O2/c1-20-15-10-14(13(17)9-12(15)16)18(7-8-19)11-5-3-2-4-6-11/h9-11,19H,2-8,17H2,1H3. The average molecular weight is 282 g/mol. The van der Waals surface area contributed by atoms with E-state index in [-0.39, 0.29) is 12.4 Å². The Morgan fingerprint density at radius 2 is 2.05 bits per heavy atom. The van der Waals surface area contributed by atoms with Gasteiger partial charge in [0.05, 0.1) is 25.1 Å². The van der Waals surface area contributed by atoms with E-state index in [0.29, 0.717) is 18.3 Å². The topological polar surface area (TPSA) is 58.7 Å². The minimum Gasteiger partial charge on any atom is -0.494 e. The predicted molar refractivity (Wildman–Crippen MR) is 78.7 cm³/mol. The van der Waals surface area contributed by atoms with Gasteiger partial charge in [-0.05, 0) is 12.8 Å². The molecule has 4 nitrogen and oxygen atoms in total. The third-order valence-electron chi connectivity index (χ3n) is 3.97. The molecule has 1 aromatic rings. The summed E-state index contributed by atoms with van der Waals surface area (Å²) in [5, 5.41) is 9.31. The molecule has 0 aliphatic heterocycles. The Morgan fingerprint density at radius 1 is 1.35 bits per heavy atom. The van der Waals surface area contributed by atoms with E-state index in [0.717, 1.165) is 18.5 Å². The van der Waals surface area contributed by atoms with Gasteiger partial charge in [0.2, 0.25) is 0 Å². The second-order valence-electron chi connectivity index (χ2n) is 5.25. The largest absolute Gasteiger partial charge is 0.494 e. The summed E-state index contributed by atoms with van der Waals surface area (Å²) in [6.07, 6.45) is 5.79. The van der Waals surface area contributed by atoms with E-state index in [2.05, 4.69) is 4.90 Å². The molecular weight excluding hydrogens is 259 g/mol. The van der Waals surface area contributed by atoms with Crippen LogP contribution in [0.4, 0.5) is 15.8 Å². The van der Waals surface area contributed by atoms with Gasteiger partial charge in [-0.2, -0.15) is 0 Å². The molecule has 0 aromatic heterocycles. The average Bonchev–Trinajstić information content (AvgIpc) is 2.46. The first-order valence-electron chi connectivity index (χ1n) is 7.18.